The molecule has 1 atom stereocenters. The average molecular weight is 244 g/mol. The van der Waals surface area contributed by atoms with Gasteiger partial charge in [-0.1, -0.05) is 13.8 Å². The zero-order valence-electron chi connectivity index (χ0n) is 9.98. The quantitative estimate of drug-likeness (QED) is 0.748. The van der Waals surface area contributed by atoms with Crippen LogP contribution < -0.4 is 0 Å². The van der Waals surface area contributed by atoms with Gasteiger partial charge in [0.15, 0.2) is 9.84 Å². The highest BCUT2D eigenvalue weighted by Gasteiger charge is 2.30. The van der Waals surface area contributed by atoms with E-state index in [0.29, 0.717) is 5.41 Å². The summed E-state index contributed by atoms with van der Waals surface area (Å²) in [5.41, 5.74) is 0.428. The topological polar surface area (TPSA) is 43.4 Å². The molecule has 1 heterocycles. The fourth-order valence-corrected chi connectivity index (χ4v) is 3.56. The van der Waals surface area contributed by atoms with Crippen molar-refractivity contribution in [3.63, 3.8) is 0 Å². The first-order valence-corrected chi connectivity index (χ1v) is 7.64. The molecule has 1 fully saturated rings. The van der Waals surface area contributed by atoms with Crippen LogP contribution >= 0.6 is 0 Å². The number of sulfone groups is 1. The highest BCUT2D eigenvalue weighted by Crippen LogP contribution is 2.36. The third kappa shape index (κ3) is 3.08. The van der Waals surface area contributed by atoms with Gasteiger partial charge in [0.2, 0.25) is 0 Å². The van der Waals surface area contributed by atoms with Gasteiger partial charge < -0.3 is 4.74 Å². The first-order valence-electron chi connectivity index (χ1n) is 5.93. The van der Waals surface area contributed by atoms with Crippen LogP contribution in [0.3, 0.4) is 0 Å². The van der Waals surface area contributed by atoms with E-state index in [0.717, 1.165) is 12.8 Å². The molecule has 1 aliphatic carbocycles. The minimum Gasteiger partial charge on any atom is -0.370 e. The molecule has 0 aromatic rings. The third-order valence-corrected chi connectivity index (χ3v) is 4.92. The summed E-state index contributed by atoms with van der Waals surface area (Å²) in [5.74, 6) is 0.132. The smallest absolute Gasteiger partial charge is 0.174 e. The Bertz CT molecular complexity index is 371. The van der Waals surface area contributed by atoms with Gasteiger partial charge in [-0.2, -0.15) is 0 Å². The Hall–Kier alpha value is -0.350. The zero-order valence-corrected chi connectivity index (χ0v) is 10.8. The van der Waals surface area contributed by atoms with Crippen molar-refractivity contribution in [2.45, 2.75) is 51.7 Å². The van der Waals surface area contributed by atoms with Crippen LogP contribution in [0.5, 0.6) is 0 Å². The maximum Gasteiger partial charge on any atom is 0.174 e. The molecule has 92 valence electrons. The van der Waals surface area contributed by atoms with Crippen molar-refractivity contribution in [3.05, 3.63) is 11.5 Å². The molecular weight excluding hydrogens is 224 g/mol. The second kappa shape index (κ2) is 4.15. The Kier molecular flexibility index (Phi) is 3.14. The van der Waals surface area contributed by atoms with Crippen molar-refractivity contribution in [2.24, 2.45) is 5.41 Å². The maximum absolute atomic E-state index is 11.2. The van der Waals surface area contributed by atoms with E-state index >= 15 is 0 Å². The summed E-state index contributed by atoms with van der Waals surface area (Å²) >= 11 is 0. The van der Waals surface area contributed by atoms with E-state index in [1.165, 1.54) is 18.2 Å². The molecule has 2 aliphatic rings. The van der Waals surface area contributed by atoms with Crippen molar-refractivity contribution in [2.75, 3.05) is 5.75 Å². The molecule has 0 spiro atoms. The predicted octanol–water partition coefficient (Wildman–Crippen LogP) is 2.28. The molecule has 0 bridgehead atoms. The van der Waals surface area contributed by atoms with Crippen molar-refractivity contribution in [3.8, 4) is 0 Å². The molecule has 1 aliphatic heterocycles. The summed E-state index contributed by atoms with van der Waals surface area (Å²) < 4.78 is 28.3. The zero-order chi connectivity index (χ0) is 11.8. The Labute approximate surface area is 97.8 Å². The van der Waals surface area contributed by atoms with E-state index in [2.05, 4.69) is 13.8 Å². The summed E-state index contributed by atoms with van der Waals surface area (Å²) in [6.07, 6.45) is 6.15. The van der Waals surface area contributed by atoms with Crippen LogP contribution in [-0.2, 0) is 14.6 Å². The summed E-state index contributed by atoms with van der Waals surface area (Å²) in [4.78, 5) is 0. The Morgan fingerprint density at radius 1 is 1.25 bits per heavy atom. The molecule has 0 aromatic heterocycles. The van der Waals surface area contributed by atoms with Gasteiger partial charge in [0, 0.05) is 5.41 Å². The molecule has 0 radical (unpaired) electrons. The van der Waals surface area contributed by atoms with Crippen LogP contribution in [0.25, 0.3) is 0 Å². The van der Waals surface area contributed by atoms with Crippen molar-refractivity contribution in [1.29, 1.82) is 0 Å². The largest absolute Gasteiger partial charge is 0.370 e. The molecule has 2 rings (SSSR count). The van der Waals surface area contributed by atoms with Crippen LogP contribution in [0, 0.1) is 5.41 Å². The highest BCUT2D eigenvalue weighted by molar-refractivity contribution is 7.94. The van der Waals surface area contributed by atoms with Gasteiger partial charge in [0.25, 0.3) is 0 Å². The summed E-state index contributed by atoms with van der Waals surface area (Å²) in [6.45, 7) is 4.56. The molecule has 0 N–H and O–H groups in total. The highest BCUT2D eigenvalue weighted by atomic mass is 32.2. The maximum atomic E-state index is 11.2. The van der Waals surface area contributed by atoms with E-state index in [1.54, 1.807) is 6.08 Å². The van der Waals surface area contributed by atoms with Crippen LogP contribution in [-0.4, -0.2) is 26.4 Å². The van der Waals surface area contributed by atoms with Gasteiger partial charge in [-0.15, -0.1) is 0 Å². The van der Waals surface area contributed by atoms with Gasteiger partial charge in [0.05, 0.1) is 18.0 Å². The van der Waals surface area contributed by atoms with Gasteiger partial charge in [0.1, 0.15) is 0 Å². The Morgan fingerprint density at radius 3 is 2.38 bits per heavy atom. The summed E-state index contributed by atoms with van der Waals surface area (Å²) in [5, 5.41) is 1.28. The molecule has 16 heavy (non-hydrogen) atoms. The second-order valence-corrected chi connectivity index (χ2v) is 7.63. The SMILES string of the molecule is CC1(C)CCC(OC2C=CS(=O)(=O)C2)CC1. The molecule has 4 heteroatoms. The lowest BCUT2D eigenvalue weighted by Crippen LogP contribution is -2.30. The lowest BCUT2D eigenvalue weighted by Gasteiger charge is -2.35. The lowest BCUT2D eigenvalue weighted by atomic mass is 9.76. The Balaban J connectivity index is 1.83. The molecular formula is C12H20O3S. The molecule has 1 saturated carbocycles. The van der Waals surface area contributed by atoms with E-state index in [-0.39, 0.29) is 18.0 Å². The predicted molar refractivity (Wildman–Crippen MR) is 63.8 cm³/mol. The van der Waals surface area contributed by atoms with Crippen molar-refractivity contribution >= 4 is 9.84 Å². The van der Waals surface area contributed by atoms with Crippen LogP contribution in [0.2, 0.25) is 0 Å². The first-order chi connectivity index (χ1) is 7.36. The monoisotopic (exact) mass is 244 g/mol. The van der Waals surface area contributed by atoms with E-state index in [9.17, 15) is 8.42 Å². The standard InChI is InChI=1S/C12H20O3S/c1-12(2)6-3-10(4-7-12)15-11-5-8-16(13,14)9-11/h5,8,10-11H,3-4,6-7,9H2,1-2H3. The first kappa shape index (κ1) is 12.1. The van der Waals surface area contributed by atoms with Gasteiger partial charge in [-0.3, -0.25) is 0 Å². The Morgan fingerprint density at radius 2 is 1.88 bits per heavy atom. The van der Waals surface area contributed by atoms with Crippen molar-refractivity contribution in [1.82, 2.24) is 0 Å². The fraction of sp³-hybridized carbons (Fsp3) is 0.833. The van der Waals surface area contributed by atoms with Gasteiger partial charge in [-0.25, -0.2) is 8.42 Å². The summed E-state index contributed by atoms with van der Waals surface area (Å²) in [6, 6.07) is 0. The molecule has 0 aromatic carbocycles. The van der Waals surface area contributed by atoms with Gasteiger partial charge in [-0.05, 0) is 37.2 Å². The van der Waals surface area contributed by atoms with Crippen LogP contribution in [0.4, 0.5) is 0 Å². The summed E-state index contributed by atoms with van der Waals surface area (Å²) in [7, 11) is -2.97. The molecule has 3 nitrogen and oxygen atoms in total. The minimum absolute atomic E-state index is 0.132. The number of ether oxygens (including phenoxy) is 1. The van der Waals surface area contributed by atoms with Crippen LogP contribution in [0.1, 0.15) is 39.5 Å². The number of hydrogen-bond acceptors (Lipinski definition) is 3. The van der Waals surface area contributed by atoms with E-state index < -0.39 is 9.84 Å². The fourth-order valence-electron chi connectivity index (χ4n) is 2.39. The second-order valence-electron chi connectivity index (χ2n) is 5.70. The van der Waals surface area contributed by atoms with Crippen molar-refractivity contribution < 1.29 is 13.2 Å². The average Bonchev–Trinajstić information content (AvgIpc) is 2.50. The van der Waals surface area contributed by atoms with Crippen LogP contribution in [0.15, 0.2) is 11.5 Å². The molecule has 0 saturated heterocycles. The third-order valence-electron chi connectivity index (χ3n) is 3.55. The lowest BCUT2D eigenvalue weighted by molar-refractivity contribution is -0.0163. The van der Waals surface area contributed by atoms with E-state index in [1.807, 2.05) is 0 Å². The number of rotatable bonds is 2. The molecule has 1 unspecified atom stereocenters. The number of hydrogen-bond donors (Lipinski definition) is 0. The van der Waals surface area contributed by atoms with E-state index in [4.69, 9.17) is 4.74 Å². The normalized spacial score (nSPS) is 33.0. The molecule has 0 amide bonds. The van der Waals surface area contributed by atoms with Gasteiger partial charge >= 0.3 is 0 Å². The minimum atomic E-state index is -2.97.